The Kier molecular flexibility index (Phi) is 11.2. The van der Waals surface area contributed by atoms with Gasteiger partial charge in [0.1, 0.15) is 48.8 Å². The van der Waals surface area contributed by atoms with Gasteiger partial charge in [-0.3, -0.25) is 0 Å². The zero-order chi connectivity index (χ0) is 32.0. The van der Waals surface area contributed by atoms with E-state index in [0.717, 1.165) is 0 Å². The van der Waals surface area contributed by atoms with Gasteiger partial charge in [0.2, 0.25) is 0 Å². The molecule has 0 bridgehead atoms. The summed E-state index contributed by atoms with van der Waals surface area (Å²) in [5, 5.41) is 104. The lowest BCUT2D eigenvalue weighted by atomic mass is 9.72. The Hall–Kier alpha value is -0.640. The highest BCUT2D eigenvalue weighted by molar-refractivity contribution is 5.01. The second-order valence-electron chi connectivity index (χ2n) is 13.0. The van der Waals surface area contributed by atoms with E-state index < -0.39 is 129 Å². The molecule has 0 aromatic carbocycles. The van der Waals surface area contributed by atoms with Crippen LogP contribution in [0.25, 0.3) is 0 Å². The molecule has 256 valence electrons. The number of hydrogen-bond acceptors (Lipinski definition) is 16. The highest BCUT2D eigenvalue weighted by Crippen LogP contribution is 2.45. The Morgan fingerprint density at radius 1 is 0.614 bits per heavy atom. The Balaban J connectivity index is 1.40. The minimum Gasteiger partial charge on any atom is -0.394 e. The van der Waals surface area contributed by atoms with Crippen LogP contribution in [-0.2, 0) is 28.4 Å². The van der Waals surface area contributed by atoms with E-state index in [9.17, 15) is 51.1 Å². The minimum absolute atomic E-state index is 0.0987. The first-order valence-corrected chi connectivity index (χ1v) is 15.4. The van der Waals surface area contributed by atoms with E-state index in [1.165, 1.54) is 14.0 Å². The van der Waals surface area contributed by atoms with Gasteiger partial charge in [0, 0.05) is 19.4 Å². The Labute approximate surface area is 254 Å². The molecule has 3 heterocycles. The van der Waals surface area contributed by atoms with Gasteiger partial charge in [-0.25, -0.2) is 0 Å². The quantitative estimate of drug-likeness (QED) is 0.126. The van der Waals surface area contributed by atoms with Crippen molar-refractivity contribution in [3.63, 3.8) is 0 Å². The molecule has 10 N–H and O–H groups in total. The standard InChI is InChI=1S/C28H48O16/c1-9-19(32)22(35)24(37)27(40-9)43-17-7-12-14(41-26(17)10-3-13(31)20(33)16(4-10)39-2)5-11(30)6-15(12)42-28-25(38)23(36)21(34)18(8-29)44-28/h9-38H,3-8H2,1-2H3. The van der Waals surface area contributed by atoms with E-state index in [1.54, 1.807) is 0 Å². The number of rotatable bonds is 7. The van der Waals surface area contributed by atoms with Crippen molar-refractivity contribution in [3.05, 3.63) is 0 Å². The molecule has 0 aromatic heterocycles. The first-order valence-electron chi connectivity index (χ1n) is 15.4. The Bertz CT molecular complexity index is 928. The smallest absolute Gasteiger partial charge is 0.186 e. The summed E-state index contributed by atoms with van der Waals surface area (Å²) in [6, 6.07) is 0. The maximum absolute atomic E-state index is 10.8. The molecular formula is C28H48O16. The van der Waals surface area contributed by atoms with Crippen molar-refractivity contribution < 1.29 is 79.5 Å². The molecule has 44 heavy (non-hydrogen) atoms. The summed E-state index contributed by atoms with van der Waals surface area (Å²) < 4.78 is 35.6. The van der Waals surface area contributed by atoms with Crippen molar-refractivity contribution >= 4 is 0 Å². The van der Waals surface area contributed by atoms with Crippen LogP contribution in [0.5, 0.6) is 0 Å². The number of aliphatic hydroxyl groups excluding tert-OH is 10. The molecule has 5 fully saturated rings. The van der Waals surface area contributed by atoms with Gasteiger partial charge >= 0.3 is 0 Å². The van der Waals surface area contributed by atoms with Crippen LogP contribution in [0.4, 0.5) is 0 Å². The molecule has 0 aromatic rings. The lowest BCUT2D eigenvalue weighted by molar-refractivity contribution is -0.342. The molecule has 0 amide bonds. The molecule has 2 saturated carbocycles. The van der Waals surface area contributed by atoms with Crippen molar-refractivity contribution in [1.29, 1.82) is 0 Å². The molecule has 3 aliphatic heterocycles. The minimum atomic E-state index is -1.66. The second-order valence-corrected chi connectivity index (χ2v) is 13.0. The Morgan fingerprint density at radius 2 is 1.25 bits per heavy atom. The average molecular weight is 641 g/mol. The molecule has 0 radical (unpaired) electrons. The summed E-state index contributed by atoms with van der Waals surface area (Å²) in [4.78, 5) is 0. The fourth-order valence-electron chi connectivity index (χ4n) is 7.46. The average Bonchev–Trinajstić information content (AvgIpc) is 3.00. The molecule has 16 heteroatoms. The van der Waals surface area contributed by atoms with Crippen LogP contribution in [0.2, 0.25) is 0 Å². The van der Waals surface area contributed by atoms with Gasteiger partial charge in [0.15, 0.2) is 12.6 Å². The van der Waals surface area contributed by atoms with Crippen molar-refractivity contribution in [3.8, 4) is 0 Å². The topological polar surface area (TPSA) is 258 Å². The number of fused-ring (bicyclic) bond motifs is 1. The van der Waals surface area contributed by atoms with Crippen molar-refractivity contribution in [1.82, 2.24) is 0 Å². The van der Waals surface area contributed by atoms with Crippen molar-refractivity contribution in [2.45, 2.75) is 149 Å². The zero-order valence-corrected chi connectivity index (χ0v) is 24.7. The fraction of sp³-hybridized carbons (Fsp3) is 1.00. The lowest BCUT2D eigenvalue weighted by Gasteiger charge is -2.53. The third-order valence-corrected chi connectivity index (χ3v) is 10.1. The number of hydrogen-bond donors (Lipinski definition) is 10. The van der Waals surface area contributed by atoms with Crippen LogP contribution in [0.3, 0.4) is 0 Å². The molecule has 2 aliphatic carbocycles. The molecule has 5 aliphatic rings. The number of aliphatic hydroxyl groups is 10. The molecule has 16 nitrogen and oxygen atoms in total. The van der Waals surface area contributed by atoms with Gasteiger partial charge in [0.05, 0.1) is 55.4 Å². The summed E-state index contributed by atoms with van der Waals surface area (Å²) in [7, 11) is 1.42. The van der Waals surface area contributed by atoms with E-state index in [2.05, 4.69) is 0 Å². The van der Waals surface area contributed by atoms with Crippen molar-refractivity contribution in [2.75, 3.05) is 13.7 Å². The fourth-order valence-corrected chi connectivity index (χ4v) is 7.46. The largest absolute Gasteiger partial charge is 0.394 e. The molecule has 3 saturated heterocycles. The van der Waals surface area contributed by atoms with Gasteiger partial charge < -0.3 is 79.5 Å². The third-order valence-electron chi connectivity index (χ3n) is 10.1. The highest BCUT2D eigenvalue weighted by atomic mass is 16.7. The maximum atomic E-state index is 10.8. The van der Waals surface area contributed by atoms with Crippen LogP contribution in [0.1, 0.15) is 39.0 Å². The van der Waals surface area contributed by atoms with Gasteiger partial charge in [-0.05, 0) is 38.5 Å². The summed E-state index contributed by atoms with van der Waals surface area (Å²) >= 11 is 0. The molecule has 5 rings (SSSR count). The van der Waals surface area contributed by atoms with Crippen LogP contribution < -0.4 is 0 Å². The molecule has 0 spiro atoms. The summed E-state index contributed by atoms with van der Waals surface area (Å²) in [6.45, 7) is 0.883. The van der Waals surface area contributed by atoms with Gasteiger partial charge in [-0.2, -0.15) is 0 Å². The van der Waals surface area contributed by atoms with E-state index in [-0.39, 0.29) is 25.7 Å². The van der Waals surface area contributed by atoms with E-state index in [0.29, 0.717) is 6.42 Å². The summed E-state index contributed by atoms with van der Waals surface area (Å²) in [6.07, 6.45) is -20.1. The normalized spacial score (nSPS) is 55.4. The van der Waals surface area contributed by atoms with Crippen LogP contribution >= 0.6 is 0 Å². The van der Waals surface area contributed by atoms with Crippen molar-refractivity contribution in [2.24, 2.45) is 11.8 Å². The SMILES string of the molecule is COC1CC(C2OC3CC(O)CC(OC4OC(CO)C(O)C(O)C4O)C3CC2OC2OC(C)C(O)C(O)C2O)CC(O)C1O. The maximum Gasteiger partial charge on any atom is 0.186 e. The first-order chi connectivity index (χ1) is 20.8. The first kappa shape index (κ1) is 34.7. The summed E-state index contributed by atoms with van der Waals surface area (Å²) in [5.74, 6) is -0.889. The number of methoxy groups -OCH3 is 1. The zero-order valence-electron chi connectivity index (χ0n) is 24.7. The van der Waals surface area contributed by atoms with E-state index >= 15 is 0 Å². The van der Waals surface area contributed by atoms with Crippen LogP contribution in [-0.4, -0.2) is 175 Å². The van der Waals surface area contributed by atoms with Gasteiger partial charge in [-0.15, -0.1) is 0 Å². The van der Waals surface area contributed by atoms with Gasteiger partial charge in [0.25, 0.3) is 0 Å². The lowest BCUT2D eigenvalue weighted by Crippen LogP contribution is -2.63. The predicted octanol–water partition coefficient (Wildman–Crippen LogP) is -4.54. The third kappa shape index (κ3) is 6.82. The molecule has 20 atom stereocenters. The van der Waals surface area contributed by atoms with Gasteiger partial charge in [-0.1, -0.05) is 0 Å². The summed E-state index contributed by atoms with van der Waals surface area (Å²) in [5.41, 5.74) is 0. The van der Waals surface area contributed by atoms with Crippen LogP contribution in [0.15, 0.2) is 0 Å². The predicted molar refractivity (Wildman–Crippen MR) is 143 cm³/mol. The highest BCUT2D eigenvalue weighted by Gasteiger charge is 2.54. The molecular weight excluding hydrogens is 592 g/mol. The van der Waals surface area contributed by atoms with E-state index in [4.69, 9.17) is 28.4 Å². The molecule has 20 unspecified atom stereocenters. The Morgan fingerprint density at radius 3 is 1.91 bits per heavy atom. The number of ether oxygens (including phenoxy) is 6. The monoisotopic (exact) mass is 640 g/mol. The van der Waals surface area contributed by atoms with E-state index in [1.807, 2.05) is 0 Å². The second kappa shape index (κ2) is 14.2. The van der Waals surface area contributed by atoms with Crippen LogP contribution in [0, 0.1) is 11.8 Å².